The van der Waals surface area contributed by atoms with E-state index in [0.717, 1.165) is 0 Å². The van der Waals surface area contributed by atoms with Crippen molar-refractivity contribution < 1.29 is 0 Å². The summed E-state index contributed by atoms with van der Waals surface area (Å²) in [6, 6.07) is 54.6. The standard InChI is InChI=1S/C45H30S/c1-45(2)39-21-20-28(44-34-17-8-6-15-32(34)43(27-12-4-3-5-13-27)33-16-7-9-18-35(33)44)22-36(39)37-23-29-24-38-31-14-10-11-19-41(31)46-42(38)26-30(29)25-40(37)45/h3-26H,1-2H3. The fraction of sp³-hybridized carbons (Fsp3) is 0.0667. The van der Waals surface area contributed by atoms with Crippen molar-refractivity contribution in [1.82, 2.24) is 0 Å². The van der Waals surface area contributed by atoms with Gasteiger partial charge in [0, 0.05) is 25.6 Å². The molecule has 1 aliphatic rings. The molecule has 0 aliphatic heterocycles. The van der Waals surface area contributed by atoms with Crippen LogP contribution in [0.25, 0.3) is 85.9 Å². The van der Waals surface area contributed by atoms with E-state index in [1.54, 1.807) is 0 Å². The molecule has 0 bridgehead atoms. The fourth-order valence-electron chi connectivity index (χ4n) is 8.23. The molecular weight excluding hydrogens is 573 g/mol. The third-order valence-electron chi connectivity index (χ3n) is 10.4. The predicted molar refractivity (Wildman–Crippen MR) is 200 cm³/mol. The molecule has 0 saturated carbocycles. The molecule has 46 heavy (non-hydrogen) atoms. The molecular formula is C45H30S. The maximum atomic E-state index is 2.48. The van der Waals surface area contributed by atoms with Gasteiger partial charge in [-0.25, -0.2) is 0 Å². The Hall–Kier alpha value is -5.24. The van der Waals surface area contributed by atoms with Crippen LogP contribution < -0.4 is 0 Å². The van der Waals surface area contributed by atoms with E-state index in [4.69, 9.17) is 0 Å². The van der Waals surface area contributed by atoms with Crippen LogP contribution in [0.5, 0.6) is 0 Å². The van der Waals surface area contributed by atoms with Crippen LogP contribution in [0, 0.1) is 0 Å². The minimum absolute atomic E-state index is 0.0756. The van der Waals surface area contributed by atoms with Gasteiger partial charge in [-0.3, -0.25) is 0 Å². The molecule has 1 heterocycles. The van der Waals surface area contributed by atoms with E-state index in [-0.39, 0.29) is 5.41 Å². The van der Waals surface area contributed by atoms with Gasteiger partial charge in [-0.05, 0) is 113 Å². The van der Waals surface area contributed by atoms with Crippen molar-refractivity contribution in [3.63, 3.8) is 0 Å². The number of hydrogen-bond donors (Lipinski definition) is 0. The molecule has 0 atom stereocenters. The Morgan fingerprint density at radius 2 is 0.957 bits per heavy atom. The van der Waals surface area contributed by atoms with Gasteiger partial charge in [0.15, 0.2) is 0 Å². The highest BCUT2D eigenvalue weighted by Gasteiger charge is 2.36. The van der Waals surface area contributed by atoms with Crippen molar-refractivity contribution in [3.8, 4) is 33.4 Å². The first-order valence-corrected chi connectivity index (χ1v) is 16.9. The second-order valence-corrected chi connectivity index (χ2v) is 14.4. The highest BCUT2D eigenvalue weighted by atomic mass is 32.1. The lowest BCUT2D eigenvalue weighted by molar-refractivity contribution is 0.661. The lowest BCUT2D eigenvalue weighted by atomic mass is 9.81. The Kier molecular flexibility index (Phi) is 5.31. The van der Waals surface area contributed by atoms with Crippen LogP contribution in [0.2, 0.25) is 0 Å². The summed E-state index contributed by atoms with van der Waals surface area (Å²) in [5, 5.41) is 10.5. The first-order valence-electron chi connectivity index (χ1n) is 16.1. The summed E-state index contributed by atoms with van der Waals surface area (Å²) in [5.74, 6) is 0. The smallest absolute Gasteiger partial charge is 0.0361 e. The highest BCUT2D eigenvalue weighted by molar-refractivity contribution is 7.25. The second kappa shape index (κ2) is 9.39. The van der Waals surface area contributed by atoms with E-state index in [0.29, 0.717) is 0 Å². The Bertz CT molecular complexity index is 2650. The number of hydrogen-bond acceptors (Lipinski definition) is 1. The van der Waals surface area contributed by atoms with E-state index < -0.39 is 0 Å². The molecule has 0 fully saturated rings. The summed E-state index contributed by atoms with van der Waals surface area (Å²) in [5.41, 5.74) is 10.6. The van der Waals surface area contributed by atoms with Gasteiger partial charge < -0.3 is 0 Å². The van der Waals surface area contributed by atoms with Crippen LogP contribution in [0.3, 0.4) is 0 Å². The summed E-state index contributed by atoms with van der Waals surface area (Å²) in [4.78, 5) is 0. The molecule has 216 valence electrons. The zero-order valence-corrected chi connectivity index (χ0v) is 26.6. The van der Waals surface area contributed by atoms with Crippen LogP contribution in [0.15, 0.2) is 146 Å². The molecule has 9 aromatic rings. The van der Waals surface area contributed by atoms with Gasteiger partial charge in [-0.2, -0.15) is 0 Å². The van der Waals surface area contributed by atoms with E-state index >= 15 is 0 Å². The van der Waals surface area contributed by atoms with Crippen molar-refractivity contribution in [1.29, 1.82) is 0 Å². The zero-order chi connectivity index (χ0) is 30.6. The Labute approximate surface area is 272 Å². The zero-order valence-electron chi connectivity index (χ0n) is 25.8. The molecule has 1 aromatic heterocycles. The van der Waals surface area contributed by atoms with E-state index in [9.17, 15) is 0 Å². The van der Waals surface area contributed by atoms with Crippen LogP contribution in [-0.4, -0.2) is 0 Å². The highest BCUT2D eigenvalue weighted by Crippen LogP contribution is 2.52. The summed E-state index contributed by atoms with van der Waals surface area (Å²) in [7, 11) is 0. The van der Waals surface area contributed by atoms with Gasteiger partial charge in [0.1, 0.15) is 0 Å². The normalized spacial score (nSPS) is 13.6. The van der Waals surface area contributed by atoms with Gasteiger partial charge >= 0.3 is 0 Å². The van der Waals surface area contributed by atoms with Gasteiger partial charge in [-0.1, -0.05) is 123 Å². The lowest BCUT2D eigenvalue weighted by Crippen LogP contribution is -2.14. The van der Waals surface area contributed by atoms with Crippen molar-refractivity contribution >= 4 is 63.8 Å². The third kappa shape index (κ3) is 3.55. The Morgan fingerprint density at radius 1 is 0.391 bits per heavy atom. The molecule has 0 N–H and O–H groups in total. The second-order valence-electron chi connectivity index (χ2n) is 13.3. The lowest BCUT2D eigenvalue weighted by Gasteiger charge is -2.22. The number of rotatable bonds is 2. The van der Waals surface area contributed by atoms with E-state index in [1.165, 1.54) is 97.0 Å². The maximum Gasteiger partial charge on any atom is 0.0361 e. The summed E-state index contributed by atoms with van der Waals surface area (Å²) in [6.45, 7) is 4.78. The molecule has 0 spiro atoms. The molecule has 1 aliphatic carbocycles. The Balaban J connectivity index is 1.24. The summed E-state index contributed by atoms with van der Waals surface area (Å²) < 4.78 is 2.72. The van der Waals surface area contributed by atoms with Crippen LogP contribution in [-0.2, 0) is 5.41 Å². The van der Waals surface area contributed by atoms with Crippen molar-refractivity contribution in [3.05, 3.63) is 157 Å². The first-order chi connectivity index (χ1) is 22.6. The van der Waals surface area contributed by atoms with Gasteiger partial charge in [-0.15, -0.1) is 11.3 Å². The largest absolute Gasteiger partial charge is 0.135 e. The molecule has 0 radical (unpaired) electrons. The van der Waals surface area contributed by atoms with Crippen molar-refractivity contribution in [2.24, 2.45) is 0 Å². The van der Waals surface area contributed by atoms with E-state index in [1.807, 2.05) is 11.3 Å². The fourth-order valence-corrected chi connectivity index (χ4v) is 9.36. The predicted octanol–water partition coefficient (Wildman–Crippen LogP) is 13.2. The molecule has 0 amide bonds. The topological polar surface area (TPSA) is 0 Å². The molecule has 8 aromatic carbocycles. The molecule has 0 nitrogen and oxygen atoms in total. The monoisotopic (exact) mass is 602 g/mol. The van der Waals surface area contributed by atoms with Crippen molar-refractivity contribution in [2.75, 3.05) is 0 Å². The van der Waals surface area contributed by atoms with Crippen LogP contribution in [0.1, 0.15) is 25.0 Å². The SMILES string of the molecule is CC1(C)c2ccc(-c3c4ccccc4c(-c4ccccc4)c4ccccc34)cc2-c2cc3cc4c(cc3cc21)sc1ccccc14. The minimum Gasteiger partial charge on any atom is -0.135 e. The number of benzene rings is 8. The first kappa shape index (κ1) is 26.0. The van der Waals surface area contributed by atoms with Crippen LogP contribution in [0.4, 0.5) is 0 Å². The van der Waals surface area contributed by atoms with Gasteiger partial charge in [0.2, 0.25) is 0 Å². The molecule has 10 rings (SSSR count). The average Bonchev–Trinajstić information content (AvgIpc) is 3.56. The van der Waals surface area contributed by atoms with Crippen molar-refractivity contribution in [2.45, 2.75) is 19.3 Å². The third-order valence-corrected chi connectivity index (χ3v) is 11.5. The van der Waals surface area contributed by atoms with Gasteiger partial charge in [0.25, 0.3) is 0 Å². The van der Waals surface area contributed by atoms with Gasteiger partial charge in [0.05, 0.1) is 0 Å². The Morgan fingerprint density at radius 3 is 1.65 bits per heavy atom. The number of thiophene rings is 1. The average molecular weight is 603 g/mol. The number of fused-ring (bicyclic) bond motifs is 9. The summed E-state index contributed by atoms with van der Waals surface area (Å²) in [6.07, 6.45) is 0. The quantitative estimate of drug-likeness (QED) is 0.173. The van der Waals surface area contributed by atoms with E-state index in [2.05, 4.69) is 159 Å². The summed E-state index contributed by atoms with van der Waals surface area (Å²) >= 11 is 1.90. The molecule has 1 heteroatoms. The molecule has 0 unspecified atom stereocenters. The van der Waals surface area contributed by atoms with Crippen LogP contribution >= 0.6 is 11.3 Å². The minimum atomic E-state index is -0.0756. The molecule has 0 saturated heterocycles. The maximum absolute atomic E-state index is 2.48.